The average molecular weight is 328 g/mol. The Hall–Kier alpha value is -0.880. The summed E-state index contributed by atoms with van der Waals surface area (Å²) in [5, 5.41) is 3.24. The molecule has 1 aliphatic rings. The maximum atomic E-state index is 4.65. The van der Waals surface area contributed by atoms with Crippen molar-refractivity contribution in [3.8, 4) is 0 Å². The third-order valence-electron chi connectivity index (χ3n) is 3.36. The van der Waals surface area contributed by atoms with Gasteiger partial charge in [-0.15, -0.1) is 0 Å². The van der Waals surface area contributed by atoms with Crippen LogP contribution in [0, 0.1) is 0 Å². The molecule has 1 aromatic heterocycles. The van der Waals surface area contributed by atoms with Crippen molar-refractivity contribution in [2.75, 3.05) is 43.4 Å². The molecule has 1 unspecified atom stereocenters. The minimum atomic E-state index is 0.462. The Morgan fingerprint density at radius 3 is 2.95 bits per heavy atom. The maximum Gasteiger partial charge on any atom is 0.224 e. The fraction of sp³-hybridized carbons (Fsp3) is 0.692. The Morgan fingerprint density at radius 2 is 2.26 bits per heavy atom. The van der Waals surface area contributed by atoms with Crippen molar-refractivity contribution >= 4 is 27.7 Å². The van der Waals surface area contributed by atoms with Gasteiger partial charge in [-0.2, -0.15) is 4.98 Å². The lowest BCUT2D eigenvalue weighted by atomic mass is 10.2. The molecule has 0 bridgehead atoms. The number of piperazine rings is 1. The highest BCUT2D eigenvalue weighted by Gasteiger charge is 2.24. The second kappa shape index (κ2) is 6.52. The molecular formula is C13H22BrN5. The first-order valence-electron chi connectivity index (χ1n) is 6.83. The monoisotopic (exact) mass is 327 g/mol. The molecule has 1 fully saturated rings. The molecule has 0 spiro atoms. The van der Waals surface area contributed by atoms with E-state index in [1.54, 1.807) is 0 Å². The third-order valence-corrected chi connectivity index (χ3v) is 3.92. The molecule has 6 heteroatoms. The average Bonchev–Trinajstić information content (AvgIpc) is 2.38. The summed E-state index contributed by atoms with van der Waals surface area (Å²) in [6, 6.07) is 0.462. The minimum absolute atomic E-state index is 0.462. The van der Waals surface area contributed by atoms with Gasteiger partial charge in [-0.25, -0.2) is 4.98 Å². The summed E-state index contributed by atoms with van der Waals surface area (Å²) < 4.78 is 0.964. The highest BCUT2D eigenvalue weighted by molar-refractivity contribution is 9.10. The van der Waals surface area contributed by atoms with Crippen molar-refractivity contribution in [2.24, 2.45) is 0 Å². The molecule has 1 saturated heterocycles. The Bertz CT molecular complexity index is 425. The van der Waals surface area contributed by atoms with Crippen molar-refractivity contribution in [2.45, 2.75) is 26.3 Å². The summed E-state index contributed by atoms with van der Waals surface area (Å²) in [6.07, 6.45) is 2.91. The molecule has 2 rings (SSSR count). The highest BCUT2D eigenvalue weighted by atomic mass is 79.9. The molecule has 0 aromatic carbocycles. The van der Waals surface area contributed by atoms with Gasteiger partial charge >= 0.3 is 0 Å². The van der Waals surface area contributed by atoms with Gasteiger partial charge in [-0.05, 0) is 36.3 Å². The van der Waals surface area contributed by atoms with Crippen LogP contribution in [0.25, 0.3) is 0 Å². The SMILES string of the molecule is CCCNc1ncc(Br)c(N2CCN(C)CC2C)n1. The van der Waals surface area contributed by atoms with E-state index in [4.69, 9.17) is 0 Å². The summed E-state index contributed by atoms with van der Waals surface area (Å²) >= 11 is 3.57. The first-order valence-corrected chi connectivity index (χ1v) is 7.62. The van der Waals surface area contributed by atoms with Crippen molar-refractivity contribution in [1.82, 2.24) is 14.9 Å². The summed E-state index contributed by atoms with van der Waals surface area (Å²) in [5.41, 5.74) is 0. The van der Waals surface area contributed by atoms with E-state index in [0.29, 0.717) is 12.0 Å². The summed E-state index contributed by atoms with van der Waals surface area (Å²) in [4.78, 5) is 13.7. The molecule has 1 N–H and O–H groups in total. The van der Waals surface area contributed by atoms with Crippen LogP contribution in [0.2, 0.25) is 0 Å². The summed E-state index contributed by atoms with van der Waals surface area (Å²) in [6.45, 7) is 8.41. The molecule has 5 nitrogen and oxygen atoms in total. The van der Waals surface area contributed by atoms with E-state index in [1.807, 2.05) is 6.20 Å². The fourth-order valence-corrected chi connectivity index (χ4v) is 2.75. The number of hydrogen-bond donors (Lipinski definition) is 1. The lowest BCUT2D eigenvalue weighted by molar-refractivity contribution is 0.274. The standard InChI is InChI=1S/C13H22BrN5/c1-4-5-15-13-16-8-11(14)12(17-13)19-7-6-18(3)9-10(19)2/h8,10H,4-7,9H2,1-3H3,(H,15,16,17). The summed E-state index contributed by atoms with van der Waals surface area (Å²) in [5.74, 6) is 1.71. The number of anilines is 2. The molecule has 0 aliphatic carbocycles. The van der Waals surface area contributed by atoms with E-state index in [0.717, 1.165) is 42.9 Å². The lowest BCUT2D eigenvalue weighted by Crippen LogP contribution is -2.51. The van der Waals surface area contributed by atoms with Crippen LogP contribution in [0.1, 0.15) is 20.3 Å². The molecule has 0 amide bonds. The normalized spacial score (nSPS) is 20.6. The van der Waals surface area contributed by atoms with E-state index < -0.39 is 0 Å². The second-order valence-corrected chi connectivity index (χ2v) is 5.95. The van der Waals surface area contributed by atoms with Gasteiger partial charge in [-0.3, -0.25) is 0 Å². The van der Waals surface area contributed by atoms with Crippen molar-refractivity contribution in [3.63, 3.8) is 0 Å². The van der Waals surface area contributed by atoms with Crippen molar-refractivity contribution in [3.05, 3.63) is 10.7 Å². The predicted octanol–water partition coefficient (Wildman–Crippen LogP) is 2.20. The van der Waals surface area contributed by atoms with Gasteiger partial charge in [0.25, 0.3) is 0 Å². The van der Waals surface area contributed by atoms with E-state index in [9.17, 15) is 0 Å². The van der Waals surface area contributed by atoms with E-state index in [1.165, 1.54) is 0 Å². The lowest BCUT2D eigenvalue weighted by Gasteiger charge is -2.39. The number of aromatic nitrogens is 2. The van der Waals surface area contributed by atoms with Gasteiger partial charge in [0.05, 0.1) is 4.47 Å². The molecule has 19 heavy (non-hydrogen) atoms. The Labute approximate surface area is 123 Å². The van der Waals surface area contributed by atoms with Crippen molar-refractivity contribution < 1.29 is 0 Å². The Balaban J connectivity index is 2.18. The van der Waals surface area contributed by atoms with E-state index in [2.05, 4.69) is 61.9 Å². The second-order valence-electron chi connectivity index (χ2n) is 5.10. The van der Waals surface area contributed by atoms with E-state index >= 15 is 0 Å². The summed E-state index contributed by atoms with van der Waals surface area (Å²) in [7, 11) is 2.16. The van der Waals surface area contributed by atoms with Crippen LogP contribution in [-0.2, 0) is 0 Å². The number of rotatable bonds is 4. The topological polar surface area (TPSA) is 44.3 Å². The largest absolute Gasteiger partial charge is 0.354 e. The van der Waals surface area contributed by atoms with Gasteiger partial charge in [0.1, 0.15) is 5.82 Å². The minimum Gasteiger partial charge on any atom is -0.354 e. The fourth-order valence-electron chi connectivity index (χ4n) is 2.34. The van der Waals surface area contributed by atoms with Gasteiger partial charge in [0, 0.05) is 38.4 Å². The van der Waals surface area contributed by atoms with Crippen LogP contribution < -0.4 is 10.2 Å². The number of hydrogen-bond acceptors (Lipinski definition) is 5. The quantitative estimate of drug-likeness (QED) is 0.918. The van der Waals surface area contributed by atoms with Crippen LogP contribution in [0.3, 0.4) is 0 Å². The van der Waals surface area contributed by atoms with Gasteiger partial charge < -0.3 is 15.1 Å². The van der Waals surface area contributed by atoms with Crippen LogP contribution in [-0.4, -0.2) is 54.1 Å². The van der Waals surface area contributed by atoms with Gasteiger partial charge in [0.15, 0.2) is 0 Å². The first kappa shape index (κ1) is 14.5. The molecule has 106 valence electrons. The van der Waals surface area contributed by atoms with Crippen LogP contribution >= 0.6 is 15.9 Å². The Kier molecular flexibility index (Phi) is 4.99. The predicted molar refractivity (Wildman–Crippen MR) is 82.8 cm³/mol. The number of halogens is 1. The third kappa shape index (κ3) is 3.57. The molecule has 0 saturated carbocycles. The zero-order valence-electron chi connectivity index (χ0n) is 11.9. The molecule has 1 aliphatic heterocycles. The molecule has 0 radical (unpaired) electrons. The maximum absolute atomic E-state index is 4.65. The van der Waals surface area contributed by atoms with Crippen LogP contribution in [0.4, 0.5) is 11.8 Å². The van der Waals surface area contributed by atoms with Gasteiger partial charge in [-0.1, -0.05) is 6.92 Å². The zero-order valence-corrected chi connectivity index (χ0v) is 13.4. The molecule has 2 heterocycles. The van der Waals surface area contributed by atoms with Crippen LogP contribution in [0.5, 0.6) is 0 Å². The number of nitrogens with one attached hydrogen (secondary N) is 1. The Morgan fingerprint density at radius 1 is 1.47 bits per heavy atom. The van der Waals surface area contributed by atoms with Gasteiger partial charge in [0.2, 0.25) is 5.95 Å². The van der Waals surface area contributed by atoms with Crippen molar-refractivity contribution in [1.29, 1.82) is 0 Å². The smallest absolute Gasteiger partial charge is 0.224 e. The van der Waals surface area contributed by atoms with E-state index in [-0.39, 0.29) is 0 Å². The number of likely N-dealkylation sites (N-methyl/N-ethyl adjacent to an activating group) is 1. The number of nitrogens with zero attached hydrogens (tertiary/aromatic N) is 4. The zero-order chi connectivity index (χ0) is 13.8. The molecule has 1 aromatic rings. The van der Waals surface area contributed by atoms with Crippen LogP contribution in [0.15, 0.2) is 10.7 Å². The highest BCUT2D eigenvalue weighted by Crippen LogP contribution is 2.27. The first-order chi connectivity index (χ1) is 9.11. The molecule has 1 atom stereocenters. The molecular weight excluding hydrogens is 306 g/mol.